The van der Waals surface area contributed by atoms with Crippen LogP contribution < -0.4 is 10.6 Å². The largest absolute Gasteiger partial charge is 0.355 e. The summed E-state index contributed by atoms with van der Waals surface area (Å²) in [5.74, 6) is 0. The minimum Gasteiger partial charge on any atom is -0.355 e. The fraction of sp³-hybridized carbons (Fsp3) is 0.0667. The molecule has 4 N–H and O–H groups in total. The molecular formula is C45H34N3+. The van der Waals surface area contributed by atoms with Crippen LogP contribution in [0.3, 0.4) is 0 Å². The SMILES string of the molecule is c1ccc(C2NC(c3ccccc3-c3ccc(C4(c5ccccc5)c5ccccc5-c5cc6c(cc54)[nH]c4ccccc46)cc3)[NH2+]2)cc1. The highest BCUT2D eigenvalue weighted by atomic mass is 15.3. The lowest BCUT2D eigenvalue weighted by Gasteiger charge is -2.36. The highest BCUT2D eigenvalue weighted by molar-refractivity contribution is 6.10. The second-order valence-electron chi connectivity index (χ2n) is 13.2. The molecule has 8 aromatic rings. The van der Waals surface area contributed by atoms with E-state index in [2.05, 4.69) is 185 Å². The number of nitrogens with one attached hydrogen (secondary N) is 2. The summed E-state index contributed by atoms with van der Waals surface area (Å²) in [6, 6.07) is 62.4. The lowest BCUT2D eigenvalue weighted by molar-refractivity contribution is -0.809. The summed E-state index contributed by atoms with van der Waals surface area (Å²) in [6.45, 7) is 0. The fourth-order valence-electron chi connectivity index (χ4n) is 8.47. The Bertz CT molecular complexity index is 2460. The van der Waals surface area contributed by atoms with Crippen LogP contribution >= 0.6 is 0 Å². The van der Waals surface area contributed by atoms with Gasteiger partial charge in [-0.25, -0.2) is 5.32 Å². The molecule has 2 heterocycles. The van der Waals surface area contributed by atoms with Crippen molar-refractivity contribution in [1.29, 1.82) is 0 Å². The molecule has 3 nitrogen and oxygen atoms in total. The van der Waals surface area contributed by atoms with E-state index in [-0.39, 0.29) is 12.3 Å². The van der Waals surface area contributed by atoms with Crippen molar-refractivity contribution in [2.75, 3.05) is 0 Å². The van der Waals surface area contributed by atoms with Crippen molar-refractivity contribution >= 4 is 21.8 Å². The maximum atomic E-state index is 3.79. The molecule has 0 radical (unpaired) electrons. The first-order valence-electron chi connectivity index (χ1n) is 16.9. The third-order valence-corrected chi connectivity index (χ3v) is 10.7. The minimum atomic E-state index is -0.455. The summed E-state index contributed by atoms with van der Waals surface area (Å²) in [5, 5.41) is 8.75. The first-order valence-corrected chi connectivity index (χ1v) is 16.9. The van der Waals surface area contributed by atoms with Crippen molar-refractivity contribution in [2.45, 2.75) is 17.7 Å². The van der Waals surface area contributed by atoms with Crippen molar-refractivity contribution in [2.24, 2.45) is 0 Å². The smallest absolute Gasteiger partial charge is 0.173 e. The second kappa shape index (κ2) is 10.6. The van der Waals surface area contributed by atoms with Gasteiger partial charge in [-0.05, 0) is 62.7 Å². The predicted molar refractivity (Wildman–Crippen MR) is 196 cm³/mol. The molecule has 0 amide bonds. The van der Waals surface area contributed by atoms with Crippen LogP contribution in [0.5, 0.6) is 0 Å². The van der Waals surface area contributed by atoms with E-state index in [4.69, 9.17) is 0 Å². The number of para-hydroxylation sites is 1. The molecule has 3 unspecified atom stereocenters. The maximum absolute atomic E-state index is 3.79. The fourth-order valence-corrected chi connectivity index (χ4v) is 8.47. The predicted octanol–water partition coefficient (Wildman–Crippen LogP) is 9.22. The number of hydrogen-bond acceptors (Lipinski definition) is 1. The van der Waals surface area contributed by atoms with Gasteiger partial charge >= 0.3 is 0 Å². The lowest BCUT2D eigenvalue weighted by atomic mass is 9.67. The van der Waals surface area contributed by atoms with Crippen LogP contribution in [-0.2, 0) is 5.41 Å². The minimum absolute atomic E-state index is 0.217. The highest BCUT2D eigenvalue weighted by Gasteiger charge is 2.46. The van der Waals surface area contributed by atoms with Crippen molar-refractivity contribution in [1.82, 2.24) is 10.3 Å². The summed E-state index contributed by atoms with van der Waals surface area (Å²) < 4.78 is 0. The standard InChI is InChI=1S/C45H33N3/c1-3-13-30(14-4-1)43-47-44(48-43)36-20-8-7-17-33(36)29-23-25-32(26-24-29)45(31-15-5-2-6-16-31)39-21-11-9-18-34(39)37-27-38-35-19-10-12-22-41(35)46-42(38)28-40(37)45/h1-28,43-44,46-48H/p+1. The summed E-state index contributed by atoms with van der Waals surface area (Å²) in [6.07, 6.45) is 0.498. The second-order valence-corrected chi connectivity index (χ2v) is 13.2. The molecule has 1 aliphatic carbocycles. The van der Waals surface area contributed by atoms with E-state index in [1.54, 1.807) is 0 Å². The molecule has 3 atom stereocenters. The normalized spacial score (nSPS) is 19.6. The third-order valence-electron chi connectivity index (χ3n) is 10.7. The lowest BCUT2D eigenvalue weighted by Crippen LogP contribution is -3.01. The molecule has 0 saturated carbocycles. The molecule has 48 heavy (non-hydrogen) atoms. The molecule has 7 aromatic carbocycles. The Balaban J connectivity index is 1.12. The van der Waals surface area contributed by atoms with Gasteiger partial charge in [0.1, 0.15) is 0 Å². The molecule has 1 saturated heterocycles. The van der Waals surface area contributed by atoms with Gasteiger partial charge in [-0.3, -0.25) is 0 Å². The first-order chi connectivity index (χ1) is 23.8. The third kappa shape index (κ3) is 3.96. The van der Waals surface area contributed by atoms with Crippen LogP contribution in [0.4, 0.5) is 0 Å². The first kappa shape index (κ1) is 27.4. The molecule has 2 aliphatic rings. The van der Waals surface area contributed by atoms with E-state index >= 15 is 0 Å². The molecule has 228 valence electrons. The Morgan fingerprint density at radius 3 is 1.92 bits per heavy atom. The van der Waals surface area contributed by atoms with E-state index in [9.17, 15) is 0 Å². The number of H-pyrrole nitrogens is 1. The Labute approximate surface area is 279 Å². The molecule has 0 bridgehead atoms. The number of benzene rings is 7. The van der Waals surface area contributed by atoms with Gasteiger partial charge in [0.25, 0.3) is 0 Å². The van der Waals surface area contributed by atoms with Gasteiger partial charge < -0.3 is 10.3 Å². The van der Waals surface area contributed by atoms with E-state index in [0.717, 1.165) is 0 Å². The zero-order valence-electron chi connectivity index (χ0n) is 26.4. The van der Waals surface area contributed by atoms with Crippen LogP contribution in [0.2, 0.25) is 0 Å². The Hall–Kier alpha value is -5.74. The number of rotatable bonds is 5. The molecule has 0 spiro atoms. The summed E-state index contributed by atoms with van der Waals surface area (Å²) in [4.78, 5) is 3.74. The van der Waals surface area contributed by atoms with Gasteiger partial charge in [0, 0.05) is 32.9 Å². The molecule has 1 fully saturated rings. The van der Waals surface area contributed by atoms with Gasteiger partial charge in [0.2, 0.25) is 0 Å². The van der Waals surface area contributed by atoms with Gasteiger partial charge in [-0.15, -0.1) is 0 Å². The van der Waals surface area contributed by atoms with Crippen LogP contribution in [0.25, 0.3) is 44.1 Å². The van der Waals surface area contributed by atoms with E-state index < -0.39 is 5.41 Å². The highest BCUT2D eigenvalue weighted by Crippen LogP contribution is 2.57. The molecule has 10 rings (SSSR count). The topological polar surface area (TPSA) is 44.4 Å². The quantitative estimate of drug-likeness (QED) is 0.177. The van der Waals surface area contributed by atoms with E-state index in [0.29, 0.717) is 0 Å². The van der Waals surface area contributed by atoms with E-state index in [1.165, 1.54) is 77.4 Å². The molecular weight excluding hydrogens is 583 g/mol. The summed E-state index contributed by atoms with van der Waals surface area (Å²) in [5.41, 5.74) is 14.8. The number of quaternary nitrogens is 1. The number of fused-ring (bicyclic) bond motifs is 6. The average Bonchev–Trinajstić information content (AvgIpc) is 3.64. The van der Waals surface area contributed by atoms with Crippen molar-refractivity contribution in [3.05, 3.63) is 203 Å². The van der Waals surface area contributed by atoms with Crippen LogP contribution in [0, 0.1) is 0 Å². The monoisotopic (exact) mass is 616 g/mol. The van der Waals surface area contributed by atoms with Gasteiger partial charge in [-0.2, -0.15) is 0 Å². The van der Waals surface area contributed by atoms with Gasteiger partial charge in [0.05, 0.1) is 5.41 Å². The van der Waals surface area contributed by atoms with Gasteiger partial charge in [0.15, 0.2) is 12.3 Å². The Morgan fingerprint density at radius 2 is 1.10 bits per heavy atom. The molecule has 1 aliphatic heterocycles. The summed E-state index contributed by atoms with van der Waals surface area (Å²) >= 11 is 0. The number of aromatic amines is 1. The van der Waals surface area contributed by atoms with Gasteiger partial charge in [-0.1, -0.05) is 152 Å². The summed E-state index contributed by atoms with van der Waals surface area (Å²) in [7, 11) is 0. The number of nitrogens with two attached hydrogens (primary N) is 1. The zero-order valence-corrected chi connectivity index (χ0v) is 26.4. The maximum Gasteiger partial charge on any atom is 0.173 e. The number of hydrogen-bond donors (Lipinski definition) is 3. The van der Waals surface area contributed by atoms with Crippen LogP contribution in [0.15, 0.2) is 170 Å². The van der Waals surface area contributed by atoms with Crippen LogP contribution in [0.1, 0.15) is 45.7 Å². The van der Waals surface area contributed by atoms with Crippen molar-refractivity contribution in [3.8, 4) is 22.3 Å². The Kier molecular flexibility index (Phi) is 6.07. The van der Waals surface area contributed by atoms with Crippen LogP contribution in [-0.4, -0.2) is 4.98 Å². The number of aromatic nitrogens is 1. The zero-order chi connectivity index (χ0) is 31.7. The van der Waals surface area contributed by atoms with Crippen molar-refractivity contribution in [3.63, 3.8) is 0 Å². The Morgan fingerprint density at radius 1 is 0.458 bits per heavy atom. The average molecular weight is 617 g/mol. The van der Waals surface area contributed by atoms with Crippen molar-refractivity contribution < 1.29 is 5.32 Å². The molecule has 1 aromatic heterocycles. The molecule has 3 heteroatoms. The van der Waals surface area contributed by atoms with E-state index in [1.807, 2.05) is 0 Å².